The number of anilines is 3. The van der Waals surface area contributed by atoms with Crippen LogP contribution in [0, 0.1) is 0 Å². The van der Waals surface area contributed by atoms with Crippen LogP contribution in [-0.2, 0) is 11.3 Å². The standard InChI is InChI=1S/C20H25N5O2/c1-12(2)14-4-6-15(7-5-14)22-18-16-10-21-19(26)17(16)23-20(24-18)25-8-9-27-11-13(25)3/h4-7,12-13H,8-11H2,1-3H3,(H,21,26)(H,22,23,24). The van der Waals surface area contributed by atoms with Gasteiger partial charge in [-0.2, -0.15) is 4.98 Å². The Hall–Kier alpha value is -2.67. The first-order chi connectivity index (χ1) is 13.0. The Bertz CT molecular complexity index is 850. The van der Waals surface area contributed by atoms with Crippen molar-refractivity contribution in [3.8, 4) is 0 Å². The van der Waals surface area contributed by atoms with Crippen molar-refractivity contribution in [2.75, 3.05) is 30.0 Å². The van der Waals surface area contributed by atoms with E-state index < -0.39 is 0 Å². The lowest BCUT2D eigenvalue weighted by molar-refractivity contribution is 0.0958. The molecule has 2 aromatic rings. The molecule has 142 valence electrons. The average molecular weight is 367 g/mol. The van der Waals surface area contributed by atoms with Gasteiger partial charge in [0.05, 0.1) is 19.3 Å². The van der Waals surface area contributed by atoms with E-state index in [4.69, 9.17) is 9.72 Å². The van der Waals surface area contributed by atoms with Crippen molar-refractivity contribution in [1.29, 1.82) is 0 Å². The van der Waals surface area contributed by atoms with Crippen LogP contribution >= 0.6 is 0 Å². The molecular formula is C20H25N5O2. The maximum atomic E-state index is 12.2. The molecule has 1 fully saturated rings. The van der Waals surface area contributed by atoms with E-state index in [1.807, 2.05) is 12.1 Å². The second-order valence-corrected chi connectivity index (χ2v) is 7.40. The van der Waals surface area contributed by atoms with Crippen molar-refractivity contribution < 1.29 is 9.53 Å². The first-order valence-corrected chi connectivity index (χ1v) is 9.43. The molecule has 0 saturated carbocycles. The molecule has 27 heavy (non-hydrogen) atoms. The van der Waals surface area contributed by atoms with E-state index in [1.165, 1.54) is 5.56 Å². The van der Waals surface area contributed by atoms with Crippen LogP contribution < -0.4 is 15.5 Å². The maximum absolute atomic E-state index is 12.2. The minimum Gasteiger partial charge on any atom is -0.377 e. The third kappa shape index (κ3) is 3.47. The molecule has 0 aliphatic carbocycles. The lowest BCUT2D eigenvalue weighted by Gasteiger charge is -2.33. The Morgan fingerprint density at radius 2 is 2.04 bits per heavy atom. The van der Waals surface area contributed by atoms with E-state index in [0.717, 1.165) is 11.3 Å². The molecule has 1 atom stereocenters. The van der Waals surface area contributed by atoms with Gasteiger partial charge in [0, 0.05) is 24.3 Å². The number of morpholine rings is 1. The Morgan fingerprint density at radius 1 is 1.26 bits per heavy atom. The monoisotopic (exact) mass is 367 g/mol. The highest BCUT2D eigenvalue weighted by Crippen LogP contribution is 2.29. The summed E-state index contributed by atoms with van der Waals surface area (Å²) >= 11 is 0. The van der Waals surface area contributed by atoms with Crippen LogP contribution in [0.2, 0.25) is 0 Å². The van der Waals surface area contributed by atoms with Gasteiger partial charge in [-0.3, -0.25) is 4.79 Å². The number of amides is 1. The third-order valence-corrected chi connectivity index (χ3v) is 5.10. The fraction of sp³-hybridized carbons (Fsp3) is 0.450. The predicted molar refractivity (Wildman–Crippen MR) is 105 cm³/mol. The van der Waals surface area contributed by atoms with Crippen LogP contribution in [-0.4, -0.2) is 41.7 Å². The highest BCUT2D eigenvalue weighted by atomic mass is 16.5. The van der Waals surface area contributed by atoms with E-state index >= 15 is 0 Å². The molecule has 1 amide bonds. The quantitative estimate of drug-likeness (QED) is 0.865. The zero-order chi connectivity index (χ0) is 19.0. The molecule has 0 spiro atoms. The number of hydrogen-bond donors (Lipinski definition) is 2. The molecule has 2 aliphatic heterocycles. The number of carbonyl (C=O) groups is 1. The second kappa shape index (κ2) is 7.15. The zero-order valence-corrected chi connectivity index (χ0v) is 16.0. The Kier molecular flexibility index (Phi) is 4.70. The van der Waals surface area contributed by atoms with Gasteiger partial charge in [0.1, 0.15) is 11.5 Å². The number of hydrogen-bond acceptors (Lipinski definition) is 6. The molecule has 7 heteroatoms. The van der Waals surface area contributed by atoms with Crippen LogP contribution in [0.3, 0.4) is 0 Å². The molecule has 0 bridgehead atoms. The molecule has 1 aromatic carbocycles. The zero-order valence-electron chi connectivity index (χ0n) is 16.0. The van der Waals surface area contributed by atoms with Crippen LogP contribution in [0.15, 0.2) is 24.3 Å². The van der Waals surface area contributed by atoms with E-state index in [9.17, 15) is 4.79 Å². The van der Waals surface area contributed by atoms with Crippen LogP contribution in [0.5, 0.6) is 0 Å². The first-order valence-electron chi connectivity index (χ1n) is 9.43. The minimum atomic E-state index is -0.146. The van der Waals surface area contributed by atoms with E-state index in [-0.39, 0.29) is 11.9 Å². The highest BCUT2D eigenvalue weighted by Gasteiger charge is 2.29. The topological polar surface area (TPSA) is 79.4 Å². The summed E-state index contributed by atoms with van der Waals surface area (Å²) in [5.41, 5.74) is 3.51. The average Bonchev–Trinajstić information content (AvgIpc) is 3.04. The molecule has 2 aliphatic rings. The van der Waals surface area contributed by atoms with Gasteiger partial charge in [-0.25, -0.2) is 4.98 Å². The minimum absolute atomic E-state index is 0.146. The number of fused-ring (bicyclic) bond motifs is 1. The van der Waals surface area contributed by atoms with Gasteiger partial charge in [0.15, 0.2) is 0 Å². The first kappa shape index (κ1) is 17.7. The number of benzene rings is 1. The molecule has 7 nitrogen and oxygen atoms in total. The normalized spacial score (nSPS) is 19.2. The summed E-state index contributed by atoms with van der Waals surface area (Å²) in [6.45, 7) is 8.85. The fourth-order valence-electron chi connectivity index (χ4n) is 3.42. The van der Waals surface area contributed by atoms with Gasteiger partial charge in [-0.1, -0.05) is 26.0 Å². The lowest BCUT2D eigenvalue weighted by atomic mass is 10.0. The second-order valence-electron chi connectivity index (χ2n) is 7.40. The van der Waals surface area contributed by atoms with E-state index in [1.54, 1.807) is 0 Å². The molecule has 1 aromatic heterocycles. The highest BCUT2D eigenvalue weighted by molar-refractivity contribution is 5.98. The van der Waals surface area contributed by atoms with Crippen LogP contribution in [0.4, 0.5) is 17.5 Å². The van der Waals surface area contributed by atoms with Gasteiger partial charge in [-0.15, -0.1) is 0 Å². The van der Waals surface area contributed by atoms with Crippen LogP contribution in [0.25, 0.3) is 0 Å². The summed E-state index contributed by atoms with van der Waals surface area (Å²) in [5, 5.41) is 6.24. The molecule has 1 unspecified atom stereocenters. The van der Waals surface area contributed by atoms with Gasteiger partial charge in [-0.05, 0) is 30.5 Å². The van der Waals surface area contributed by atoms with Gasteiger partial charge in [0.2, 0.25) is 5.95 Å². The molecule has 1 saturated heterocycles. The van der Waals surface area contributed by atoms with Gasteiger partial charge < -0.3 is 20.3 Å². The Balaban J connectivity index is 1.69. The maximum Gasteiger partial charge on any atom is 0.270 e. The molecule has 3 heterocycles. The number of ether oxygens (including phenoxy) is 1. The smallest absolute Gasteiger partial charge is 0.270 e. The van der Waals surface area contributed by atoms with Crippen molar-refractivity contribution in [3.05, 3.63) is 41.1 Å². The van der Waals surface area contributed by atoms with Crippen molar-refractivity contribution in [1.82, 2.24) is 15.3 Å². The lowest BCUT2D eigenvalue weighted by Crippen LogP contribution is -2.44. The fourth-order valence-corrected chi connectivity index (χ4v) is 3.42. The van der Waals surface area contributed by atoms with Crippen molar-refractivity contribution in [2.24, 2.45) is 0 Å². The van der Waals surface area contributed by atoms with Gasteiger partial charge in [0.25, 0.3) is 5.91 Å². The number of rotatable bonds is 4. The number of nitrogens with zero attached hydrogens (tertiary/aromatic N) is 3. The number of carbonyl (C=O) groups excluding carboxylic acids is 1. The molecule has 2 N–H and O–H groups in total. The van der Waals surface area contributed by atoms with Crippen molar-refractivity contribution in [3.63, 3.8) is 0 Å². The summed E-state index contributed by atoms with van der Waals surface area (Å²) in [5.74, 6) is 1.60. The number of aromatic nitrogens is 2. The van der Waals surface area contributed by atoms with E-state index in [0.29, 0.717) is 49.7 Å². The summed E-state index contributed by atoms with van der Waals surface area (Å²) in [6.07, 6.45) is 0. The van der Waals surface area contributed by atoms with Gasteiger partial charge >= 0.3 is 0 Å². The Morgan fingerprint density at radius 3 is 2.74 bits per heavy atom. The molecule has 0 radical (unpaired) electrons. The largest absolute Gasteiger partial charge is 0.377 e. The summed E-state index contributed by atoms with van der Waals surface area (Å²) in [6, 6.07) is 8.49. The third-order valence-electron chi connectivity index (χ3n) is 5.10. The summed E-state index contributed by atoms with van der Waals surface area (Å²) in [7, 11) is 0. The van der Waals surface area contributed by atoms with E-state index in [2.05, 4.69) is 53.4 Å². The molecular weight excluding hydrogens is 342 g/mol. The summed E-state index contributed by atoms with van der Waals surface area (Å²) in [4.78, 5) is 23.7. The van der Waals surface area contributed by atoms with Crippen molar-refractivity contribution in [2.45, 2.75) is 39.3 Å². The number of nitrogens with one attached hydrogen (secondary N) is 2. The predicted octanol–water partition coefficient (Wildman–Crippen LogP) is 2.81. The van der Waals surface area contributed by atoms with Crippen molar-refractivity contribution >= 4 is 23.4 Å². The van der Waals surface area contributed by atoms with Crippen LogP contribution in [0.1, 0.15) is 48.3 Å². The molecule has 4 rings (SSSR count). The Labute approximate surface area is 159 Å². The SMILES string of the molecule is CC(C)c1ccc(Nc2nc(N3CCOCC3C)nc3c2CNC3=O)cc1. The summed E-state index contributed by atoms with van der Waals surface area (Å²) < 4.78 is 5.51.